The molecule has 0 spiro atoms. The van der Waals surface area contributed by atoms with Crippen LogP contribution in [-0.2, 0) is 0 Å². The fourth-order valence-corrected chi connectivity index (χ4v) is 3.17. The number of ether oxygens (including phenoxy) is 1. The normalized spacial score (nSPS) is 10.8. The molecular weight excluding hydrogens is 391 g/mol. The van der Waals surface area contributed by atoms with E-state index >= 15 is 0 Å². The second-order valence-corrected chi connectivity index (χ2v) is 6.93. The SMILES string of the molecule is Clc1cccc(-c2nnc(SCCOc3c(Cl)cccc3Cl)o2)c1. The Labute approximate surface area is 158 Å². The Morgan fingerprint density at radius 3 is 2.50 bits per heavy atom. The first-order valence-electron chi connectivity index (χ1n) is 6.92. The van der Waals surface area contributed by atoms with Gasteiger partial charge < -0.3 is 9.15 Å². The molecule has 0 radical (unpaired) electrons. The van der Waals surface area contributed by atoms with Gasteiger partial charge in [-0.05, 0) is 30.3 Å². The summed E-state index contributed by atoms with van der Waals surface area (Å²) in [5.74, 6) is 1.51. The summed E-state index contributed by atoms with van der Waals surface area (Å²) in [4.78, 5) is 0. The van der Waals surface area contributed by atoms with Gasteiger partial charge in [-0.3, -0.25) is 0 Å². The van der Waals surface area contributed by atoms with Crippen LogP contribution < -0.4 is 4.74 Å². The smallest absolute Gasteiger partial charge is 0.276 e. The third kappa shape index (κ3) is 4.36. The number of benzene rings is 2. The molecule has 0 bridgehead atoms. The summed E-state index contributed by atoms with van der Waals surface area (Å²) in [7, 11) is 0. The summed E-state index contributed by atoms with van der Waals surface area (Å²) in [5.41, 5.74) is 0.779. The summed E-state index contributed by atoms with van der Waals surface area (Å²) in [5, 5.41) is 10.0. The molecule has 2 aromatic carbocycles. The Balaban J connectivity index is 1.55. The van der Waals surface area contributed by atoms with Crippen LogP contribution in [0.1, 0.15) is 0 Å². The molecule has 4 nitrogen and oxygen atoms in total. The van der Waals surface area contributed by atoms with Crippen molar-refractivity contribution in [2.75, 3.05) is 12.4 Å². The molecule has 0 aliphatic carbocycles. The topological polar surface area (TPSA) is 48.2 Å². The van der Waals surface area contributed by atoms with E-state index in [4.69, 9.17) is 44.0 Å². The van der Waals surface area contributed by atoms with Crippen molar-refractivity contribution in [3.8, 4) is 17.2 Å². The Kier molecular flexibility index (Phi) is 5.89. The highest BCUT2D eigenvalue weighted by Gasteiger charge is 2.10. The molecule has 0 fully saturated rings. The molecule has 124 valence electrons. The summed E-state index contributed by atoms with van der Waals surface area (Å²) in [6, 6.07) is 12.5. The molecule has 0 unspecified atom stereocenters. The summed E-state index contributed by atoms with van der Waals surface area (Å²) >= 11 is 19.4. The van der Waals surface area contributed by atoms with Gasteiger partial charge in [-0.15, -0.1) is 10.2 Å². The van der Waals surface area contributed by atoms with Gasteiger partial charge in [0.2, 0.25) is 5.89 Å². The summed E-state index contributed by atoms with van der Waals surface area (Å²) in [6.07, 6.45) is 0. The van der Waals surface area contributed by atoms with Crippen LogP contribution in [0.2, 0.25) is 15.1 Å². The van der Waals surface area contributed by atoms with Crippen molar-refractivity contribution in [1.82, 2.24) is 10.2 Å². The van der Waals surface area contributed by atoms with Crippen molar-refractivity contribution < 1.29 is 9.15 Å². The van der Waals surface area contributed by atoms with Crippen molar-refractivity contribution in [3.05, 3.63) is 57.5 Å². The summed E-state index contributed by atoms with van der Waals surface area (Å²) < 4.78 is 11.2. The van der Waals surface area contributed by atoms with Crippen molar-refractivity contribution in [2.24, 2.45) is 0 Å². The first-order valence-corrected chi connectivity index (χ1v) is 9.04. The molecule has 0 N–H and O–H groups in total. The van der Waals surface area contributed by atoms with Crippen LogP contribution in [0.15, 0.2) is 52.1 Å². The van der Waals surface area contributed by atoms with Crippen LogP contribution in [0.5, 0.6) is 5.75 Å². The van der Waals surface area contributed by atoms with Gasteiger partial charge in [0.1, 0.15) is 0 Å². The molecule has 0 aliphatic rings. The molecule has 8 heteroatoms. The van der Waals surface area contributed by atoms with Gasteiger partial charge in [0.05, 0.1) is 16.7 Å². The number of nitrogens with zero attached hydrogens (tertiary/aromatic N) is 2. The number of hydrogen-bond acceptors (Lipinski definition) is 5. The number of halogens is 3. The largest absolute Gasteiger partial charge is 0.490 e. The monoisotopic (exact) mass is 400 g/mol. The zero-order valence-corrected chi connectivity index (χ0v) is 15.3. The van der Waals surface area contributed by atoms with E-state index in [9.17, 15) is 0 Å². The van der Waals surface area contributed by atoms with Crippen LogP contribution in [0.3, 0.4) is 0 Å². The second-order valence-electron chi connectivity index (χ2n) is 4.63. The van der Waals surface area contributed by atoms with Gasteiger partial charge >= 0.3 is 0 Å². The van der Waals surface area contributed by atoms with E-state index in [1.807, 2.05) is 12.1 Å². The third-order valence-corrected chi connectivity index (χ3v) is 4.57. The highest BCUT2D eigenvalue weighted by atomic mass is 35.5. The van der Waals surface area contributed by atoms with Crippen molar-refractivity contribution in [1.29, 1.82) is 0 Å². The Morgan fingerprint density at radius 2 is 1.75 bits per heavy atom. The molecule has 0 amide bonds. The van der Waals surface area contributed by atoms with Crippen LogP contribution in [-0.4, -0.2) is 22.6 Å². The van der Waals surface area contributed by atoms with E-state index in [-0.39, 0.29) is 0 Å². The van der Waals surface area contributed by atoms with Gasteiger partial charge in [-0.2, -0.15) is 0 Å². The van der Waals surface area contributed by atoms with Crippen LogP contribution in [0, 0.1) is 0 Å². The van der Waals surface area contributed by atoms with Gasteiger partial charge in [0, 0.05) is 16.3 Å². The lowest BCUT2D eigenvalue weighted by Gasteiger charge is -2.08. The number of aromatic nitrogens is 2. The predicted molar refractivity (Wildman–Crippen MR) is 97.4 cm³/mol. The number of thioether (sulfide) groups is 1. The zero-order valence-electron chi connectivity index (χ0n) is 12.2. The van der Waals surface area contributed by atoms with Crippen LogP contribution in [0.4, 0.5) is 0 Å². The maximum Gasteiger partial charge on any atom is 0.276 e. The lowest BCUT2D eigenvalue weighted by Crippen LogP contribution is -2.01. The van der Waals surface area contributed by atoms with E-state index in [0.717, 1.165) is 5.56 Å². The fourth-order valence-electron chi connectivity index (χ4n) is 1.90. The molecule has 0 saturated carbocycles. The predicted octanol–water partition coefficient (Wildman–Crippen LogP) is 5.87. The van der Waals surface area contributed by atoms with Gasteiger partial charge in [-0.1, -0.05) is 58.7 Å². The maximum atomic E-state index is 6.04. The van der Waals surface area contributed by atoms with E-state index in [1.54, 1.807) is 30.3 Å². The number of rotatable bonds is 6. The molecule has 1 heterocycles. The lowest BCUT2D eigenvalue weighted by atomic mass is 10.2. The molecule has 0 saturated heterocycles. The molecule has 24 heavy (non-hydrogen) atoms. The standard InChI is InChI=1S/C16H11Cl3N2O2S/c17-11-4-1-3-10(9-11)15-20-21-16(23-15)24-8-7-22-14-12(18)5-2-6-13(14)19/h1-6,9H,7-8H2. The van der Waals surface area contributed by atoms with Crippen LogP contribution in [0.25, 0.3) is 11.5 Å². The molecule has 0 atom stereocenters. The minimum absolute atomic E-state index is 0.406. The molecule has 1 aromatic heterocycles. The maximum absolute atomic E-state index is 6.04. The van der Waals surface area contributed by atoms with Gasteiger partial charge in [-0.25, -0.2) is 0 Å². The quantitative estimate of drug-likeness (QED) is 0.382. The molecular formula is C16H11Cl3N2O2S. The molecule has 3 aromatic rings. The van der Waals surface area contributed by atoms with Crippen molar-refractivity contribution in [2.45, 2.75) is 5.22 Å². The minimum atomic E-state index is 0.406. The number of hydrogen-bond donors (Lipinski definition) is 0. The highest BCUT2D eigenvalue weighted by Crippen LogP contribution is 2.32. The summed E-state index contributed by atoms with van der Waals surface area (Å²) in [6.45, 7) is 0.406. The van der Waals surface area contributed by atoms with Crippen LogP contribution >= 0.6 is 46.6 Å². The number of para-hydroxylation sites is 1. The van der Waals surface area contributed by atoms with E-state index in [2.05, 4.69) is 10.2 Å². The van der Waals surface area contributed by atoms with Gasteiger partial charge in [0.25, 0.3) is 5.22 Å². The zero-order chi connectivity index (χ0) is 16.9. The Hall–Kier alpha value is -1.40. The fraction of sp³-hybridized carbons (Fsp3) is 0.125. The average Bonchev–Trinajstić information content (AvgIpc) is 3.03. The molecule has 0 aliphatic heterocycles. The first-order chi connectivity index (χ1) is 11.6. The first kappa shape index (κ1) is 17.4. The highest BCUT2D eigenvalue weighted by molar-refractivity contribution is 7.99. The van der Waals surface area contributed by atoms with E-state index in [0.29, 0.717) is 44.3 Å². The minimum Gasteiger partial charge on any atom is -0.490 e. The van der Waals surface area contributed by atoms with E-state index < -0.39 is 0 Å². The Morgan fingerprint density at radius 1 is 1.00 bits per heavy atom. The lowest BCUT2D eigenvalue weighted by molar-refractivity contribution is 0.343. The third-order valence-electron chi connectivity index (χ3n) is 2.95. The second kappa shape index (κ2) is 8.12. The van der Waals surface area contributed by atoms with Gasteiger partial charge in [0.15, 0.2) is 5.75 Å². The van der Waals surface area contributed by atoms with E-state index in [1.165, 1.54) is 11.8 Å². The Bertz CT molecular complexity index is 821. The van der Waals surface area contributed by atoms with Crippen molar-refractivity contribution in [3.63, 3.8) is 0 Å². The molecule has 3 rings (SSSR count). The average molecular weight is 402 g/mol. The van der Waals surface area contributed by atoms with Crippen molar-refractivity contribution >= 4 is 46.6 Å².